The zero-order valence-corrected chi connectivity index (χ0v) is 12.5. The van der Waals surface area contributed by atoms with Crippen molar-refractivity contribution >= 4 is 8.32 Å². The van der Waals surface area contributed by atoms with Crippen LogP contribution in [0.1, 0.15) is 18.4 Å². The van der Waals surface area contributed by atoms with Crippen LogP contribution >= 0.6 is 0 Å². The van der Waals surface area contributed by atoms with Crippen LogP contribution in [0.3, 0.4) is 0 Å². The second-order valence-electron chi connectivity index (χ2n) is 5.38. The Kier molecular flexibility index (Phi) is 5.41. The summed E-state index contributed by atoms with van der Waals surface area (Å²) < 4.78 is 6.13. The van der Waals surface area contributed by atoms with Crippen LogP contribution in [-0.4, -0.2) is 21.0 Å². The van der Waals surface area contributed by atoms with Crippen molar-refractivity contribution in [3.63, 3.8) is 0 Å². The predicted octanol–water partition coefficient (Wildman–Crippen LogP) is 4.32. The first-order valence-corrected chi connectivity index (χ1v) is 9.58. The van der Waals surface area contributed by atoms with Gasteiger partial charge in [0.15, 0.2) is 8.32 Å². The summed E-state index contributed by atoms with van der Waals surface area (Å²) in [4.78, 5) is 2.84. The highest BCUT2D eigenvalue weighted by Gasteiger charge is 2.25. The Morgan fingerprint density at radius 1 is 1.28 bits per heavy atom. The minimum Gasteiger partial charge on any atom is -0.414 e. The zero-order chi connectivity index (χ0) is 13.6. The van der Waals surface area contributed by atoms with Crippen LogP contribution in [0.2, 0.25) is 19.6 Å². The van der Waals surface area contributed by atoms with Gasteiger partial charge in [-0.2, -0.15) is 0 Å². The maximum absolute atomic E-state index is 8.48. The van der Waals surface area contributed by atoms with Crippen LogP contribution in [-0.2, 0) is 4.43 Å². The molecule has 0 heterocycles. The van der Waals surface area contributed by atoms with E-state index in [2.05, 4.69) is 48.7 Å². The number of rotatable bonds is 6. The van der Waals surface area contributed by atoms with Gasteiger partial charge in [-0.05, 0) is 30.7 Å². The molecule has 1 aromatic carbocycles. The van der Waals surface area contributed by atoms with Gasteiger partial charge in [-0.15, -0.1) is 0 Å². The molecule has 4 nitrogen and oxygen atoms in total. The van der Waals surface area contributed by atoms with Crippen LogP contribution < -0.4 is 0 Å². The molecule has 0 aliphatic carbocycles. The molecule has 98 valence electrons. The van der Waals surface area contributed by atoms with Gasteiger partial charge >= 0.3 is 0 Å². The number of hydrogen-bond donors (Lipinski definition) is 0. The Morgan fingerprint density at radius 3 is 2.39 bits per heavy atom. The standard InChI is InChI=1S/C13H21N3OSi/c1-11(12-8-6-5-7-9-12)13(10-15-16-14)17-18(2,3)4/h5-9,11,13H,10H2,1-4H3. The molecule has 0 amide bonds. The first kappa shape index (κ1) is 14.8. The summed E-state index contributed by atoms with van der Waals surface area (Å²) in [6.45, 7) is 8.94. The molecule has 0 aromatic heterocycles. The van der Waals surface area contributed by atoms with Gasteiger partial charge in [0.1, 0.15) is 0 Å². The van der Waals surface area contributed by atoms with E-state index in [1.807, 2.05) is 18.2 Å². The lowest BCUT2D eigenvalue weighted by Gasteiger charge is -2.30. The van der Waals surface area contributed by atoms with Gasteiger partial charge in [-0.3, -0.25) is 0 Å². The molecule has 18 heavy (non-hydrogen) atoms. The van der Waals surface area contributed by atoms with Crippen molar-refractivity contribution in [3.05, 3.63) is 46.3 Å². The molecule has 0 aliphatic heterocycles. The number of hydrogen-bond acceptors (Lipinski definition) is 2. The fraction of sp³-hybridized carbons (Fsp3) is 0.538. The van der Waals surface area contributed by atoms with Crippen molar-refractivity contribution < 1.29 is 4.43 Å². The summed E-state index contributed by atoms with van der Waals surface area (Å²) in [5, 5.41) is 3.68. The molecule has 1 rings (SSSR count). The Hall–Kier alpha value is -1.29. The highest BCUT2D eigenvalue weighted by atomic mass is 28.4. The van der Waals surface area contributed by atoms with Gasteiger partial charge in [0.25, 0.3) is 0 Å². The first-order valence-electron chi connectivity index (χ1n) is 6.17. The maximum Gasteiger partial charge on any atom is 0.184 e. The van der Waals surface area contributed by atoms with E-state index in [0.29, 0.717) is 6.54 Å². The third kappa shape index (κ3) is 4.92. The van der Waals surface area contributed by atoms with E-state index in [4.69, 9.17) is 9.96 Å². The Morgan fingerprint density at radius 2 is 1.89 bits per heavy atom. The second-order valence-corrected chi connectivity index (χ2v) is 9.84. The molecule has 1 aromatic rings. The average molecular weight is 263 g/mol. The predicted molar refractivity (Wildman–Crippen MR) is 77.1 cm³/mol. The molecule has 5 heteroatoms. The van der Waals surface area contributed by atoms with Crippen LogP contribution in [0.5, 0.6) is 0 Å². The summed E-state index contributed by atoms with van der Waals surface area (Å²) in [6, 6.07) is 10.2. The minimum atomic E-state index is -1.65. The van der Waals surface area contributed by atoms with Gasteiger partial charge < -0.3 is 4.43 Å². The first-order chi connectivity index (χ1) is 8.44. The van der Waals surface area contributed by atoms with Gasteiger partial charge in [0.2, 0.25) is 0 Å². The molecular weight excluding hydrogens is 242 g/mol. The van der Waals surface area contributed by atoms with E-state index >= 15 is 0 Å². The fourth-order valence-electron chi connectivity index (χ4n) is 1.84. The fourth-order valence-corrected chi connectivity index (χ4v) is 3.03. The molecule has 0 N–H and O–H groups in total. The SMILES string of the molecule is CC(c1ccccc1)C(CN=[N+]=[N-])O[Si](C)(C)C. The number of benzene rings is 1. The molecule has 0 saturated carbocycles. The van der Waals surface area contributed by atoms with E-state index in [9.17, 15) is 0 Å². The van der Waals surface area contributed by atoms with Crippen LogP contribution in [0, 0.1) is 0 Å². The molecule has 0 bridgehead atoms. The lowest BCUT2D eigenvalue weighted by molar-refractivity contribution is 0.176. The molecule has 0 fully saturated rings. The van der Waals surface area contributed by atoms with Gasteiger partial charge in [-0.25, -0.2) is 0 Å². The smallest absolute Gasteiger partial charge is 0.184 e. The van der Waals surface area contributed by atoms with Crippen molar-refractivity contribution in [3.8, 4) is 0 Å². The van der Waals surface area contributed by atoms with Crippen molar-refractivity contribution in [2.24, 2.45) is 5.11 Å². The van der Waals surface area contributed by atoms with Crippen LogP contribution in [0.15, 0.2) is 35.4 Å². The molecule has 2 atom stereocenters. The molecule has 0 saturated heterocycles. The van der Waals surface area contributed by atoms with Crippen molar-refractivity contribution in [1.29, 1.82) is 0 Å². The second kappa shape index (κ2) is 6.59. The molecule has 0 spiro atoms. The van der Waals surface area contributed by atoms with E-state index in [1.165, 1.54) is 5.56 Å². The summed E-state index contributed by atoms with van der Waals surface area (Å²) in [6.07, 6.45) is -0.0463. The maximum atomic E-state index is 8.48. The monoisotopic (exact) mass is 263 g/mol. The van der Waals surface area contributed by atoms with Crippen molar-refractivity contribution in [2.75, 3.05) is 6.54 Å². The van der Waals surface area contributed by atoms with Gasteiger partial charge in [-0.1, -0.05) is 42.4 Å². The summed E-state index contributed by atoms with van der Waals surface area (Å²) in [5.41, 5.74) is 9.70. The van der Waals surface area contributed by atoms with Crippen molar-refractivity contribution in [1.82, 2.24) is 0 Å². The molecule has 0 aliphatic rings. The van der Waals surface area contributed by atoms with E-state index < -0.39 is 8.32 Å². The lowest BCUT2D eigenvalue weighted by Crippen LogP contribution is -2.36. The number of azide groups is 1. The zero-order valence-electron chi connectivity index (χ0n) is 11.5. The minimum absolute atomic E-state index is 0.0463. The summed E-state index contributed by atoms with van der Waals surface area (Å²) in [7, 11) is -1.65. The Labute approximate surface area is 110 Å². The molecular formula is C13H21N3OSi. The normalized spacial score (nSPS) is 14.7. The highest BCUT2D eigenvalue weighted by molar-refractivity contribution is 6.69. The van der Waals surface area contributed by atoms with Crippen molar-refractivity contribution in [2.45, 2.75) is 38.6 Å². The quantitative estimate of drug-likeness (QED) is 0.326. The lowest BCUT2D eigenvalue weighted by atomic mass is 9.95. The highest BCUT2D eigenvalue weighted by Crippen LogP contribution is 2.24. The molecule has 2 unspecified atom stereocenters. The summed E-state index contributed by atoms with van der Waals surface area (Å²) in [5.74, 6) is 0.225. The summed E-state index contributed by atoms with van der Waals surface area (Å²) >= 11 is 0. The van der Waals surface area contributed by atoms with E-state index in [0.717, 1.165) is 0 Å². The van der Waals surface area contributed by atoms with Crippen LogP contribution in [0.25, 0.3) is 10.4 Å². The third-order valence-electron chi connectivity index (χ3n) is 2.71. The van der Waals surface area contributed by atoms with E-state index in [1.54, 1.807) is 0 Å². The topological polar surface area (TPSA) is 58.0 Å². The van der Waals surface area contributed by atoms with Crippen LogP contribution in [0.4, 0.5) is 0 Å². The largest absolute Gasteiger partial charge is 0.414 e. The van der Waals surface area contributed by atoms with Gasteiger partial charge in [0.05, 0.1) is 12.6 Å². The number of nitrogens with zero attached hydrogens (tertiary/aromatic N) is 3. The average Bonchev–Trinajstić information content (AvgIpc) is 2.33. The Bertz CT molecular complexity index is 410. The molecule has 0 radical (unpaired) electrons. The van der Waals surface area contributed by atoms with E-state index in [-0.39, 0.29) is 12.0 Å². The third-order valence-corrected chi connectivity index (χ3v) is 3.72. The van der Waals surface area contributed by atoms with Gasteiger partial charge in [0, 0.05) is 10.8 Å². The Balaban J connectivity index is 2.85.